The normalized spacial score (nSPS) is 48.4. The second-order valence-corrected chi connectivity index (χ2v) is 12.2. The molecule has 19 nitrogen and oxygen atoms in total. The second-order valence-electron chi connectivity index (χ2n) is 12.2. The Kier molecular flexibility index (Phi) is 13.6. The van der Waals surface area contributed by atoms with Gasteiger partial charge in [-0.2, -0.15) is 0 Å². The molecule has 3 heterocycles. The van der Waals surface area contributed by atoms with E-state index < -0.39 is 111 Å². The number of rotatable bonds is 13. The molecule has 4 aliphatic rings. The summed E-state index contributed by atoms with van der Waals surface area (Å²) in [5.41, 5.74) is 35.9. The first-order chi connectivity index (χ1) is 21.4. The summed E-state index contributed by atoms with van der Waals surface area (Å²) in [5.74, 6) is 0. The van der Waals surface area contributed by atoms with Gasteiger partial charge in [0.25, 0.3) is 0 Å². The molecule has 1 aliphatic carbocycles. The quantitative estimate of drug-likeness (QED) is 0.0819. The van der Waals surface area contributed by atoms with Crippen molar-refractivity contribution >= 4 is 0 Å². The number of hydrogen-bond donors (Lipinski definition) is 13. The molecule has 0 bridgehead atoms. The zero-order valence-electron chi connectivity index (χ0n) is 25.1. The molecule has 45 heavy (non-hydrogen) atoms. The summed E-state index contributed by atoms with van der Waals surface area (Å²) in [5, 5.41) is 66.6. The fourth-order valence-electron chi connectivity index (χ4n) is 6.27. The fraction of sp³-hybridized carbons (Fsp3) is 1.00. The lowest BCUT2D eigenvalue weighted by molar-refractivity contribution is -0.290. The van der Waals surface area contributed by atoms with Crippen molar-refractivity contribution in [1.82, 2.24) is 5.32 Å². The molecular weight excluding hydrogens is 602 g/mol. The van der Waals surface area contributed by atoms with E-state index in [1.54, 1.807) is 0 Å². The van der Waals surface area contributed by atoms with Gasteiger partial charge in [-0.1, -0.05) is 0 Å². The Morgan fingerprint density at radius 2 is 1.38 bits per heavy atom. The predicted molar refractivity (Wildman–Crippen MR) is 154 cm³/mol. The zero-order valence-corrected chi connectivity index (χ0v) is 25.1. The van der Waals surface area contributed by atoms with E-state index >= 15 is 0 Å². The van der Waals surface area contributed by atoms with Crippen molar-refractivity contribution < 1.29 is 59.1 Å². The highest BCUT2D eigenvalue weighted by Crippen LogP contribution is 2.34. The van der Waals surface area contributed by atoms with E-state index in [0.29, 0.717) is 12.8 Å². The maximum Gasteiger partial charge on any atom is 0.187 e. The maximum atomic E-state index is 11.5. The topological polar surface area (TPSA) is 345 Å². The molecule has 0 aromatic rings. The molecule has 4 rings (SSSR count). The highest BCUT2D eigenvalue weighted by Gasteiger charge is 2.54. The van der Waals surface area contributed by atoms with Gasteiger partial charge in [0.05, 0.1) is 30.9 Å². The van der Waals surface area contributed by atoms with Crippen LogP contribution in [-0.2, 0) is 28.4 Å². The Labute approximate surface area is 261 Å². The van der Waals surface area contributed by atoms with Crippen molar-refractivity contribution in [2.24, 2.45) is 34.4 Å². The van der Waals surface area contributed by atoms with Crippen LogP contribution in [0.3, 0.4) is 0 Å². The smallest absolute Gasteiger partial charge is 0.187 e. The van der Waals surface area contributed by atoms with E-state index in [0.717, 1.165) is 0 Å². The Morgan fingerprint density at radius 1 is 0.711 bits per heavy atom. The van der Waals surface area contributed by atoms with Crippen molar-refractivity contribution in [2.75, 3.05) is 26.2 Å². The summed E-state index contributed by atoms with van der Waals surface area (Å²) >= 11 is 0. The van der Waals surface area contributed by atoms with Gasteiger partial charge in [-0.15, -0.1) is 0 Å². The van der Waals surface area contributed by atoms with Gasteiger partial charge in [0.15, 0.2) is 18.9 Å². The van der Waals surface area contributed by atoms with Crippen LogP contribution in [0.2, 0.25) is 0 Å². The van der Waals surface area contributed by atoms with Gasteiger partial charge in [-0.05, 0) is 32.2 Å². The van der Waals surface area contributed by atoms with Gasteiger partial charge < -0.3 is 93.5 Å². The molecule has 3 saturated heterocycles. The molecule has 264 valence electrons. The van der Waals surface area contributed by atoms with Crippen LogP contribution in [0.5, 0.6) is 0 Å². The largest absolute Gasteiger partial charge is 0.394 e. The van der Waals surface area contributed by atoms with Crippen LogP contribution in [0, 0.1) is 0 Å². The van der Waals surface area contributed by atoms with Crippen molar-refractivity contribution in [3.05, 3.63) is 0 Å². The van der Waals surface area contributed by atoms with Crippen LogP contribution in [0.1, 0.15) is 25.7 Å². The highest BCUT2D eigenvalue weighted by molar-refractivity contribution is 5.02. The summed E-state index contributed by atoms with van der Waals surface area (Å²) in [6, 6.07) is -3.30. The van der Waals surface area contributed by atoms with E-state index in [1.165, 1.54) is 0 Å². The SMILES string of the molecule is NCCC(O)NC1CC(N)C(OC2OC(CN)CCC2N)C(OC2OC(CO)C(OC3OC(CN)C(O)C(O)C3N)C2O)C1O. The van der Waals surface area contributed by atoms with Crippen molar-refractivity contribution in [3.63, 3.8) is 0 Å². The predicted octanol–water partition coefficient (Wildman–Crippen LogP) is -7.54. The first-order valence-corrected chi connectivity index (χ1v) is 15.5. The minimum absolute atomic E-state index is 0.152. The molecule has 0 aromatic heterocycles. The van der Waals surface area contributed by atoms with Crippen LogP contribution < -0.4 is 39.7 Å². The van der Waals surface area contributed by atoms with Crippen LogP contribution in [0.4, 0.5) is 0 Å². The van der Waals surface area contributed by atoms with Crippen molar-refractivity contribution in [3.8, 4) is 0 Å². The number of hydrogen-bond acceptors (Lipinski definition) is 19. The lowest BCUT2D eigenvalue weighted by Crippen LogP contribution is -2.67. The lowest BCUT2D eigenvalue weighted by atomic mass is 9.83. The second kappa shape index (κ2) is 16.6. The minimum Gasteiger partial charge on any atom is -0.394 e. The molecule has 4 fully saturated rings. The summed E-state index contributed by atoms with van der Waals surface area (Å²) in [6.45, 7) is -0.335. The molecule has 19 heteroatoms. The van der Waals surface area contributed by atoms with Gasteiger partial charge in [-0.25, -0.2) is 0 Å². The molecule has 0 radical (unpaired) electrons. The van der Waals surface area contributed by atoms with Gasteiger partial charge in [0, 0.05) is 25.2 Å². The molecule has 0 spiro atoms. The summed E-state index contributed by atoms with van der Waals surface area (Å²) in [4.78, 5) is 0. The molecule has 0 amide bonds. The van der Waals surface area contributed by atoms with Crippen molar-refractivity contribution in [2.45, 2.75) is 136 Å². The third-order valence-electron chi connectivity index (χ3n) is 8.95. The monoisotopic (exact) mass is 655 g/mol. The van der Waals surface area contributed by atoms with Gasteiger partial charge in [0.2, 0.25) is 0 Å². The average molecular weight is 656 g/mol. The first kappa shape index (κ1) is 37.1. The summed E-state index contributed by atoms with van der Waals surface area (Å²) in [7, 11) is 0. The number of nitrogens with two attached hydrogens (primary N) is 6. The molecule has 1 saturated carbocycles. The lowest BCUT2D eigenvalue weighted by Gasteiger charge is -2.47. The van der Waals surface area contributed by atoms with Gasteiger partial charge in [-0.3, -0.25) is 5.32 Å². The molecule has 0 aromatic carbocycles. The fourth-order valence-corrected chi connectivity index (χ4v) is 6.27. The Balaban J connectivity index is 1.53. The minimum atomic E-state index is -1.58. The standard InChI is InChI=1S/C26H53N7O12/c27-4-3-15(35)33-12-5-11(31)21(43-24-10(30)2-1-9(6-28)40-24)23(17(12)36)45-26-20(39)22(14(8-34)42-26)44-25-16(32)19(38)18(37)13(7-29)41-25/h9-26,33-39H,1-8,27-32H2. The average Bonchev–Trinajstić information content (AvgIpc) is 3.31. The zero-order chi connectivity index (χ0) is 33.0. The number of ether oxygens (including phenoxy) is 6. The maximum absolute atomic E-state index is 11.5. The summed E-state index contributed by atoms with van der Waals surface area (Å²) < 4.78 is 35.6. The molecule has 18 atom stereocenters. The van der Waals surface area contributed by atoms with Crippen LogP contribution in [0.15, 0.2) is 0 Å². The number of aliphatic hydroxyl groups is 6. The first-order valence-electron chi connectivity index (χ1n) is 15.5. The van der Waals surface area contributed by atoms with E-state index in [1.807, 2.05) is 0 Å². The molecule has 3 aliphatic heterocycles. The highest BCUT2D eigenvalue weighted by atomic mass is 16.8. The van der Waals surface area contributed by atoms with E-state index in [-0.39, 0.29) is 38.6 Å². The Hall–Kier alpha value is -0.760. The molecule has 19 N–H and O–H groups in total. The third kappa shape index (κ3) is 8.46. The molecule has 18 unspecified atom stereocenters. The Morgan fingerprint density at radius 3 is 2.02 bits per heavy atom. The van der Waals surface area contributed by atoms with E-state index in [9.17, 15) is 30.6 Å². The van der Waals surface area contributed by atoms with Gasteiger partial charge in [0.1, 0.15) is 55.1 Å². The number of nitrogens with one attached hydrogen (secondary N) is 1. The van der Waals surface area contributed by atoms with Crippen LogP contribution >= 0.6 is 0 Å². The third-order valence-corrected chi connectivity index (χ3v) is 8.95. The van der Waals surface area contributed by atoms with Gasteiger partial charge >= 0.3 is 0 Å². The van der Waals surface area contributed by atoms with E-state index in [4.69, 9.17) is 62.8 Å². The number of aliphatic hydroxyl groups excluding tert-OH is 6. The molecular formula is C26H53N7O12. The van der Waals surface area contributed by atoms with Crippen LogP contribution in [0.25, 0.3) is 0 Å². The Bertz CT molecular complexity index is 903. The van der Waals surface area contributed by atoms with E-state index in [2.05, 4.69) is 5.32 Å². The van der Waals surface area contributed by atoms with Crippen molar-refractivity contribution in [1.29, 1.82) is 0 Å². The summed E-state index contributed by atoms with van der Waals surface area (Å²) in [6.07, 6.45) is -15.0. The van der Waals surface area contributed by atoms with Crippen LogP contribution in [-0.4, -0.2) is 167 Å².